The van der Waals surface area contributed by atoms with Crippen molar-refractivity contribution in [1.82, 2.24) is 0 Å². The lowest BCUT2D eigenvalue weighted by Gasteiger charge is -2.17. The van der Waals surface area contributed by atoms with Gasteiger partial charge in [0, 0.05) is 0 Å². The minimum absolute atomic E-state index is 0.972. The van der Waals surface area contributed by atoms with E-state index >= 15 is 0 Å². The largest absolute Gasteiger partial charge is 0.0851 e. The molecule has 0 amide bonds. The Morgan fingerprint density at radius 2 is 1.73 bits per heavy atom. The molecule has 0 aromatic carbocycles. The van der Waals surface area contributed by atoms with Crippen LogP contribution in [0, 0.1) is 17.8 Å². The Morgan fingerprint density at radius 1 is 0.933 bits per heavy atom. The summed E-state index contributed by atoms with van der Waals surface area (Å²) in [4.78, 5) is 0. The Balaban J connectivity index is 1.50. The van der Waals surface area contributed by atoms with Crippen LogP contribution in [0.1, 0.15) is 64.7 Å². The fourth-order valence-corrected chi connectivity index (χ4v) is 3.41. The van der Waals surface area contributed by atoms with Gasteiger partial charge in [0.1, 0.15) is 0 Å². The summed E-state index contributed by atoms with van der Waals surface area (Å²) in [5.74, 6) is 3.01. The first kappa shape index (κ1) is 11.2. The molecule has 1 saturated carbocycles. The summed E-state index contributed by atoms with van der Waals surface area (Å²) in [5.41, 5.74) is 0. The average molecular weight is 206 g/mol. The molecule has 0 aromatic heterocycles. The van der Waals surface area contributed by atoms with Crippen molar-refractivity contribution in [3.63, 3.8) is 0 Å². The van der Waals surface area contributed by atoms with Crippen molar-refractivity contribution in [2.24, 2.45) is 17.8 Å². The molecule has 15 heavy (non-hydrogen) atoms. The standard InChI is InChI=1S/C15H26/c1-2-3-4-5-6-7-8-14-11-13-9-10-15(14)12-13/h9-10,13-15H,2-8,11-12H2,1H3/t13-,14+,15-/m0/s1. The molecule has 0 radical (unpaired) electrons. The van der Waals surface area contributed by atoms with Gasteiger partial charge in [0.15, 0.2) is 0 Å². The van der Waals surface area contributed by atoms with Gasteiger partial charge in [-0.1, -0.05) is 57.6 Å². The molecule has 3 atom stereocenters. The first-order valence-corrected chi connectivity index (χ1v) is 7.08. The summed E-state index contributed by atoms with van der Waals surface area (Å²) in [5, 5.41) is 0. The van der Waals surface area contributed by atoms with E-state index in [1.165, 1.54) is 57.8 Å². The zero-order valence-corrected chi connectivity index (χ0v) is 10.3. The van der Waals surface area contributed by atoms with Crippen LogP contribution in [0.2, 0.25) is 0 Å². The molecule has 0 unspecified atom stereocenters. The van der Waals surface area contributed by atoms with Crippen molar-refractivity contribution in [3.8, 4) is 0 Å². The second kappa shape index (κ2) is 5.72. The lowest BCUT2D eigenvalue weighted by molar-refractivity contribution is 0.394. The van der Waals surface area contributed by atoms with E-state index in [0.29, 0.717) is 0 Å². The molecule has 0 nitrogen and oxygen atoms in total. The summed E-state index contributed by atoms with van der Waals surface area (Å²) >= 11 is 0. The molecule has 0 spiro atoms. The van der Waals surface area contributed by atoms with E-state index in [9.17, 15) is 0 Å². The van der Waals surface area contributed by atoms with Gasteiger partial charge in [-0.2, -0.15) is 0 Å². The predicted octanol–water partition coefficient (Wildman–Crippen LogP) is 4.95. The number of rotatable bonds is 7. The highest BCUT2D eigenvalue weighted by Gasteiger charge is 2.34. The molecule has 86 valence electrons. The third-order valence-corrected chi connectivity index (χ3v) is 4.34. The molecule has 0 aliphatic heterocycles. The third-order valence-electron chi connectivity index (χ3n) is 4.34. The lowest BCUT2D eigenvalue weighted by atomic mass is 9.88. The highest BCUT2D eigenvalue weighted by atomic mass is 14.4. The molecule has 2 aliphatic rings. The van der Waals surface area contributed by atoms with E-state index in [2.05, 4.69) is 19.1 Å². The van der Waals surface area contributed by atoms with Crippen LogP contribution >= 0.6 is 0 Å². The molecule has 1 fully saturated rings. The van der Waals surface area contributed by atoms with E-state index in [0.717, 1.165) is 17.8 Å². The molecule has 2 rings (SSSR count). The van der Waals surface area contributed by atoms with E-state index < -0.39 is 0 Å². The van der Waals surface area contributed by atoms with Gasteiger partial charge in [0.05, 0.1) is 0 Å². The molecule has 2 aliphatic carbocycles. The summed E-state index contributed by atoms with van der Waals surface area (Å²) < 4.78 is 0. The van der Waals surface area contributed by atoms with Crippen molar-refractivity contribution >= 4 is 0 Å². The van der Waals surface area contributed by atoms with E-state index in [1.54, 1.807) is 0 Å². The molecule has 0 heterocycles. The average Bonchev–Trinajstić information content (AvgIpc) is 2.85. The Kier molecular flexibility index (Phi) is 4.29. The lowest BCUT2D eigenvalue weighted by Crippen LogP contribution is -2.06. The quantitative estimate of drug-likeness (QED) is 0.408. The van der Waals surface area contributed by atoms with Crippen LogP contribution in [0.5, 0.6) is 0 Å². The number of allylic oxidation sites excluding steroid dienone is 2. The van der Waals surface area contributed by atoms with Crippen molar-refractivity contribution in [1.29, 1.82) is 0 Å². The van der Waals surface area contributed by atoms with Crippen LogP contribution in [0.4, 0.5) is 0 Å². The van der Waals surface area contributed by atoms with E-state index in [1.807, 2.05) is 0 Å². The van der Waals surface area contributed by atoms with Crippen LogP contribution in [0.25, 0.3) is 0 Å². The maximum absolute atomic E-state index is 2.50. The summed E-state index contributed by atoms with van der Waals surface area (Å²) in [7, 11) is 0. The Labute approximate surface area is 95.1 Å². The van der Waals surface area contributed by atoms with Gasteiger partial charge in [-0.3, -0.25) is 0 Å². The first-order chi connectivity index (χ1) is 7.40. The van der Waals surface area contributed by atoms with Gasteiger partial charge in [-0.05, 0) is 37.0 Å². The first-order valence-electron chi connectivity index (χ1n) is 7.08. The zero-order valence-electron chi connectivity index (χ0n) is 10.3. The maximum Gasteiger partial charge on any atom is -0.0199 e. The van der Waals surface area contributed by atoms with Gasteiger partial charge in [0.25, 0.3) is 0 Å². The topological polar surface area (TPSA) is 0 Å². The molecule has 2 bridgehead atoms. The molecule has 0 heteroatoms. The van der Waals surface area contributed by atoms with Crippen LogP contribution in [-0.2, 0) is 0 Å². The minimum Gasteiger partial charge on any atom is -0.0851 e. The van der Waals surface area contributed by atoms with Crippen molar-refractivity contribution in [2.45, 2.75) is 64.7 Å². The Hall–Kier alpha value is -0.260. The summed E-state index contributed by atoms with van der Waals surface area (Å²) in [6, 6.07) is 0. The third kappa shape index (κ3) is 3.09. The van der Waals surface area contributed by atoms with Crippen LogP contribution < -0.4 is 0 Å². The SMILES string of the molecule is CCCCCCCC[C@@H]1C[C@@H]2C=C[C@H]1C2. The Morgan fingerprint density at radius 3 is 2.40 bits per heavy atom. The van der Waals surface area contributed by atoms with Gasteiger partial charge in [-0.15, -0.1) is 0 Å². The Bertz CT molecular complexity index is 204. The summed E-state index contributed by atoms with van der Waals surface area (Å²) in [6.45, 7) is 2.29. The zero-order chi connectivity index (χ0) is 10.5. The van der Waals surface area contributed by atoms with Crippen molar-refractivity contribution in [3.05, 3.63) is 12.2 Å². The fourth-order valence-electron chi connectivity index (χ4n) is 3.41. The van der Waals surface area contributed by atoms with E-state index in [4.69, 9.17) is 0 Å². The molecular formula is C15H26. The monoisotopic (exact) mass is 206 g/mol. The molecule has 0 saturated heterocycles. The van der Waals surface area contributed by atoms with Crippen molar-refractivity contribution < 1.29 is 0 Å². The van der Waals surface area contributed by atoms with Crippen molar-refractivity contribution in [2.75, 3.05) is 0 Å². The van der Waals surface area contributed by atoms with Gasteiger partial charge in [-0.25, -0.2) is 0 Å². The second-order valence-electron chi connectivity index (χ2n) is 5.60. The highest BCUT2D eigenvalue weighted by molar-refractivity contribution is 5.09. The van der Waals surface area contributed by atoms with Crippen LogP contribution in [0.15, 0.2) is 12.2 Å². The van der Waals surface area contributed by atoms with Gasteiger partial charge < -0.3 is 0 Å². The van der Waals surface area contributed by atoms with E-state index in [-0.39, 0.29) is 0 Å². The van der Waals surface area contributed by atoms with Crippen LogP contribution in [0.3, 0.4) is 0 Å². The maximum atomic E-state index is 2.50. The molecular weight excluding hydrogens is 180 g/mol. The van der Waals surface area contributed by atoms with Gasteiger partial charge in [0.2, 0.25) is 0 Å². The predicted molar refractivity (Wildman–Crippen MR) is 66.8 cm³/mol. The molecule has 0 aromatic rings. The second-order valence-corrected chi connectivity index (χ2v) is 5.60. The van der Waals surface area contributed by atoms with Crippen LogP contribution in [-0.4, -0.2) is 0 Å². The highest BCUT2D eigenvalue weighted by Crippen LogP contribution is 2.45. The molecule has 0 N–H and O–H groups in total. The smallest absolute Gasteiger partial charge is 0.0199 e. The number of hydrogen-bond donors (Lipinski definition) is 0. The minimum atomic E-state index is 0.972. The summed E-state index contributed by atoms with van der Waals surface area (Å²) in [6.07, 6.45) is 18.2. The normalized spacial score (nSPS) is 32.7. The number of fused-ring (bicyclic) bond motifs is 2. The number of unbranched alkanes of at least 4 members (excludes halogenated alkanes) is 5. The van der Waals surface area contributed by atoms with Gasteiger partial charge >= 0.3 is 0 Å². The fraction of sp³-hybridized carbons (Fsp3) is 0.867. The number of hydrogen-bond acceptors (Lipinski definition) is 0.